The van der Waals surface area contributed by atoms with Gasteiger partial charge < -0.3 is 0 Å². The van der Waals surface area contributed by atoms with Gasteiger partial charge >= 0.3 is 0 Å². The number of nitro benzene ring substituents is 1. The lowest BCUT2D eigenvalue weighted by Crippen LogP contribution is -2.12. The van der Waals surface area contributed by atoms with E-state index in [9.17, 15) is 14.9 Å². The normalized spacial score (nSPS) is 14.7. The van der Waals surface area contributed by atoms with Crippen molar-refractivity contribution in [1.29, 1.82) is 0 Å². The van der Waals surface area contributed by atoms with Crippen LogP contribution in [-0.2, 0) is 6.42 Å². The van der Waals surface area contributed by atoms with Gasteiger partial charge in [-0.15, -0.1) is 10.2 Å². The van der Waals surface area contributed by atoms with Crippen molar-refractivity contribution in [1.82, 2.24) is 10.2 Å². The smallest absolute Gasteiger partial charge is 0.273 e. The Morgan fingerprint density at radius 3 is 2.83 bits per heavy atom. The number of amides is 1. The third kappa shape index (κ3) is 3.76. The summed E-state index contributed by atoms with van der Waals surface area (Å²) in [6.45, 7) is 1.64. The van der Waals surface area contributed by atoms with Crippen LogP contribution >= 0.6 is 11.3 Å². The van der Waals surface area contributed by atoms with Gasteiger partial charge in [-0.3, -0.25) is 20.2 Å². The molecule has 126 valence electrons. The van der Waals surface area contributed by atoms with Crippen molar-refractivity contribution in [2.45, 2.75) is 39.0 Å². The van der Waals surface area contributed by atoms with Gasteiger partial charge in [-0.05, 0) is 18.9 Å². The quantitative estimate of drug-likeness (QED) is 0.657. The Bertz CT molecular complexity index is 768. The molecular weight excluding hydrogens is 328 g/mol. The van der Waals surface area contributed by atoms with Crippen LogP contribution in [-0.4, -0.2) is 21.0 Å². The molecule has 2 aromatic rings. The lowest BCUT2D eigenvalue weighted by atomic mass is 10.1. The Morgan fingerprint density at radius 1 is 1.38 bits per heavy atom. The lowest BCUT2D eigenvalue weighted by Gasteiger charge is -2.04. The van der Waals surface area contributed by atoms with Crippen LogP contribution in [0.1, 0.15) is 46.6 Å². The van der Waals surface area contributed by atoms with E-state index in [1.807, 2.05) is 0 Å². The number of nitrogens with zero attached hydrogens (tertiary/aromatic N) is 3. The zero-order valence-electron chi connectivity index (χ0n) is 13.3. The van der Waals surface area contributed by atoms with Crippen LogP contribution in [0.2, 0.25) is 0 Å². The largest absolute Gasteiger partial charge is 0.296 e. The predicted molar refractivity (Wildman–Crippen MR) is 91.4 cm³/mol. The lowest BCUT2D eigenvalue weighted by molar-refractivity contribution is -0.385. The number of carbonyl (C=O) groups is 1. The van der Waals surface area contributed by atoms with Crippen molar-refractivity contribution < 1.29 is 9.72 Å². The highest BCUT2D eigenvalue weighted by Crippen LogP contribution is 2.29. The Balaban J connectivity index is 1.67. The van der Waals surface area contributed by atoms with E-state index in [0.717, 1.165) is 11.4 Å². The number of hydrogen-bond donors (Lipinski definition) is 1. The first-order chi connectivity index (χ1) is 11.5. The van der Waals surface area contributed by atoms with E-state index in [1.165, 1.54) is 43.1 Å². The number of nitrogens with one attached hydrogen (secondary N) is 1. The van der Waals surface area contributed by atoms with Crippen molar-refractivity contribution in [3.8, 4) is 0 Å². The van der Waals surface area contributed by atoms with Crippen LogP contribution in [0.3, 0.4) is 0 Å². The molecule has 0 aliphatic heterocycles. The summed E-state index contributed by atoms with van der Waals surface area (Å²) in [5, 5.41) is 23.1. The molecule has 0 atom stereocenters. The first kappa shape index (κ1) is 16.5. The van der Waals surface area contributed by atoms with E-state index in [4.69, 9.17) is 0 Å². The number of nitro groups is 1. The number of benzene rings is 1. The fraction of sp³-hybridized carbons (Fsp3) is 0.438. The molecule has 1 aliphatic rings. The van der Waals surface area contributed by atoms with Gasteiger partial charge in [-0.1, -0.05) is 43.1 Å². The Labute approximate surface area is 143 Å². The Kier molecular flexibility index (Phi) is 4.84. The molecule has 0 spiro atoms. The highest BCUT2D eigenvalue weighted by atomic mass is 32.1. The summed E-state index contributed by atoms with van der Waals surface area (Å²) in [7, 11) is 0. The zero-order chi connectivity index (χ0) is 17.1. The molecule has 0 saturated heterocycles. The minimum absolute atomic E-state index is 0.0677. The zero-order valence-corrected chi connectivity index (χ0v) is 14.1. The van der Waals surface area contributed by atoms with Gasteiger partial charge in [0.25, 0.3) is 11.6 Å². The summed E-state index contributed by atoms with van der Waals surface area (Å²) in [5.74, 6) is 0.253. The number of aryl methyl sites for hydroxylation is 1. The third-order valence-electron chi connectivity index (χ3n) is 4.29. The van der Waals surface area contributed by atoms with E-state index in [0.29, 0.717) is 16.6 Å². The second-order valence-corrected chi connectivity index (χ2v) is 7.13. The van der Waals surface area contributed by atoms with E-state index in [-0.39, 0.29) is 11.3 Å². The highest BCUT2D eigenvalue weighted by Gasteiger charge is 2.19. The average molecular weight is 346 g/mol. The van der Waals surface area contributed by atoms with Gasteiger partial charge in [0, 0.05) is 23.6 Å². The van der Waals surface area contributed by atoms with Crippen LogP contribution in [0.15, 0.2) is 18.2 Å². The summed E-state index contributed by atoms with van der Waals surface area (Å²) >= 11 is 1.37. The van der Waals surface area contributed by atoms with Crippen LogP contribution in [0.25, 0.3) is 0 Å². The fourth-order valence-electron chi connectivity index (χ4n) is 2.96. The summed E-state index contributed by atoms with van der Waals surface area (Å²) in [4.78, 5) is 22.7. The van der Waals surface area contributed by atoms with Crippen LogP contribution < -0.4 is 5.32 Å². The number of aromatic nitrogens is 2. The van der Waals surface area contributed by atoms with Gasteiger partial charge in [0.15, 0.2) is 0 Å². The number of anilines is 1. The maximum absolute atomic E-state index is 12.3. The molecule has 24 heavy (non-hydrogen) atoms. The first-order valence-corrected chi connectivity index (χ1v) is 8.73. The second kappa shape index (κ2) is 7.04. The molecule has 0 bridgehead atoms. The first-order valence-electron chi connectivity index (χ1n) is 7.91. The molecule has 1 aromatic carbocycles. The van der Waals surface area contributed by atoms with Crippen molar-refractivity contribution in [3.05, 3.63) is 44.4 Å². The molecule has 1 N–H and O–H groups in total. The van der Waals surface area contributed by atoms with E-state index in [2.05, 4.69) is 15.5 Å². The summed E-state index contributed by atoms with van der Waals surface area (Å²) in [6, 6.07) is 4.42. The number of rotatable bonds is 5. The molecule has 7 nitrogen and oxygen atoms in total. The average Bonchev–Trinajstić information content (AvgIpc) is 3.20. The van der Waals surface area contributed by atoms with Gasteiger partial charge in [-0.25, -0.2) is 0 Å². The minimum Gasteiger partial charge on any atom is -0.296 e. The maximum Gasteiger partial charge on any atom is 0.273 e. The molecule has 3 rings (SSSR count). The van der Waals surface area contributed by atoms with Crippen molar-refractivity contribution in [3.63, 3.8) is 0 Å². The molecule has 1 aliphatic carbocycles. The van der Waals surface area contributed by atoms with Gasteiger partial charge in [0.2, 0.25) is 5.13 Å². The Morgan fingerprint density at radius 2 is 2.12 bits per heavy atom. The van der Waals surface area contributed by atoms with Crippen LogP contribution in [0.4, 0.5) is 10.8 Å². The molecule has 0 unspecified atom stereocenters. The molecule has 1 aromatic heterocycles. The maximum atomic E-state index is 12.3. The molecular formula is C16H18N4O3S. The highest BCUT2D eigenvalue weighted by molar-refractivity contribution is 7.15. The van der Waals surface area contributed by atoms with Crippen LogP contribution in [0, 0.1) is 23.0 Å². The van der Waals surface area contributed by atoms with Gasteiger partial charge in [0.1, 0.15) is 5.01 Å². The number of carbonyl (C=O) groups excluding carboxylic acids is 1. The van der Waals surface area contributed by atoms with Crippen molar-refractivity contribution in [2.24, 2.45) is 5.92 Å². The topological polar surface area (TPSA) is 98.0 Å². The molecule has 1 heterocycles. The van der Waals surface area contributed by atoms with Crippen LogP contribution in [0.5, 0.6) is 0 Å². The fourth-order valence-corrected chi connectivity index (χ4v) is 3.81. The van der Waals surface area contributed by atoms with E-state index >= 15 is 0 Å². The van der Waals surface area contributed by atoms with Crippen molar-refractivity contribution in [2.75, 3.05) is 5.32 Å². The molecule has 1 fully saturated rings. The molecule has 0 radical (unpaired) electrons. The standard InChI is InChI=1S/C16H18N4O3S/c1-10-6-7-12(9-13(10)20(22)23)15(21)17-16-19-18-14(24-16)8-11-4-2-3-5-11/h6-7,9,11H,2-5,8H2,1H3,(H,17,19,21). The Hall–Kier alpha value is -2.35. The molecule has 1 saturated carbocycles. The van der Waals surface area contributed by atoms with Gasteiger partial charge in [0.05, 0.1) is 4.92 Å². The molecule has 1 amide bonds. The SMILES string of the molecule is Cc1ccc(C(=O)Nc2nnc(CC3CCCC3)s2)cc1[N+](=O)[O-]. The second-order valence-electron chi connectivity index (χ2n) is 6.07. The molecule has 8 heteroatoms. The minimum atomic E-state index is -0.489. The summed E-state index contributed by atoms with van der Waals surface area (Å²) in [5.41, 5.74) is 0.688. The van der Waals surface area contributed by atoms with Crippen molar-refractivity contribution >= 4 is 28.1 Å². The van der Waals surface area contributed by atoms with E-state index < -0.39 is 10.8 Å². The predicted octanol–water partition coefficient (Wildman–Crippen LogP) is 3.74. The number of hydrogen-bond acceptors (Lipinski definition) is 6. The monoisotopic (exact) mass is 346 g/mol. The summed E-state index contributed by atoms with van der Waals surface area (Å²) < 4.78 is 0. The van der Waals surface area contributed by atoms with E-state index in [1.54, 1.807) is 19.1 Å². The third-order valence-corrected chi connectivity index (χ3v) is 5.15. The van der Waals surface area contributed by atoms with Gasteiger partial charge in [-0.2, -0.15) is 0 Å². The summed E-state index contributed by atoms with van der Waals surface area (Å²) in [6.07, 6.45) is 5.92.